The van der Waals surface area contributed by atoms with Crippen molar-refractivity contribution in [1.82, 2.24) is 0 Å². The Kier molecular flexibility index (Phi) is 47.1. The molecule has 0 bridgehead atoms. The molecule has 0 aromatic carbocycles. The Morgan fingerprint density at radius 1 is 0.317 bits per heavy atom. The first-order valence-electron chi connectivity index (χ1n) is 28.1. The van der Waals surface area contributed by atoms with Gasteiger partial charge in [0.25, 0.3) is 0 Å². The maximum Gasteiger partial charge on any atom is 0.306 e. The van der Waals surface area contributed by atoms with E-state index in [1.54, 1.807) is 0 Å². The van der Waals surface area contributed by atoms with Gasteiger partial charge in [-0.15, -0.1) is 0 Å². The van der Waals surface area contributed by atoms with E-state index in [1.807, 2.05) is 0 Å². The molecule has 6 heteroatoms. The van der Waals surface area contributed by atoms with Gasteiger partial charge in [-0.05, 0) is 37.0 Å². The summed E-state index contributed by atoms with van der Waals surface area (Å²) >= 11 is 0. The maximum absolute atomic E-state index is 12.8. The molecule has 0 aliphatic rings. The van der Waals surface area contributed by atoms with Gasteiger partial charge >= 0.3 is 17.9 Å². The molecular weight excluding hydrogens is 781 g/mol. The minimum Gasteiger partial charge on any atom is -0.462 e. The van der Waals surface area contributed by atoms with Crippen molar-refractivity contribution in [2.75, 3.05) is 13.2 Å². The lowest BCUT2D eigenvalue weighted by Gasteiger charge is -2.18. The van der Waals surface area contributed by atoms with Gasteiger partial charge in [-0.25, -0.2) is 0 Å². The third kappa shape index (κ3) is 49.7. The molecule has 0 aromatic heterocycles. The fourth-order valence-corrected chi connectivity index (χ4v) is 8.61. The van der Waals surface area contributed by atoms with Gasteiger partial charge in [-0.1, -0.05) is 273 Å². The van der Waals surface area contributed by atoms with Crippen LogP contribution < -0.4 is 0 Å². The lowest BCUT2D eigenvalue weighted by atomic mass is 9.99. The van der Waals surface area contributed by atoms with Crippen LogP contribution in [0, 0.1) is 17.8 Å². The molecule has 63 heavy (non-hydrogen) atoms. The van der Waals surface area contributed by atoms with E-state index in [1.165, 1.54) is 193 Å². The van der Waals surface area contributed by atoms with Crippen LogP contribution in [0.3, 0.4) is 0 Å². The fourth-order valence-electron chi connectivity index (χ4n) is 8.61. The van der Waals surface area contributed by atoms with Crippen molar-refractivity contribution in [2.24, 2.45) is 17.8 Å². The summed E-state index contributed by atoms with van der Waals surface area (Å²) < 4.78 is 16.8. The molecule has 0 aliphatic heterocycles. The summed E-state index contributed by atoms with van der Waals surface area (Å²) in [5.74, 6) is 1.65. The molecule has 1 unspecified atom stereocenters. The van der Waals surface area contributed by atoms with Crippen molar-refractivity contribution >= 4 is 17.9 Å². The largest absolute Gasteiger partial charge is 0.462 e. The summed E-state index contributed by atoms with van der Waals surface area (Å²) in [6.07, 6.45) is 49.6. The maximum atomic E-state index is 12.8. The second-order valence-electron chi connectivity index (χ2n) is 20.8. The van der Waals surface area contributed by atoms with Gasteiger partial charge in [0.05, 0.1) is 0 Å². The van der Waals surface area contributed by atoms with Crippen LogP contribution in [0.5, 0.6) is 0 Å². The number of hydrogen-bond acceptors (Lipinski definition) is 6. The van der Waals surface area contributed by atoms with Crippen LogP contribution >= 0.6 is 0 Å². The Hall–Kier alpha value is -1.59. The Labute approximate surface area is 393 Å². The van der Waals surface area contributed by atoms with Crippen molar-refractivity contribution in [3.05, 3.63) is 0 Å². The minimum atomic E-state index is -0.763. The zero-order valence-electron chi connectivity index (χ0n) is 43.4. The van der Waals surface area contributed by atoms with Gasteiger partial charge in [-0.2, -0.15) is 0 Å². The minimum absolute atomic E-state index is 0.0648. The second kappa shape index (κ2) is 48.3. The number of ether oxygens (including phenoxy) is 3. The van der Waals surface area contributed by atoms with Gasteiger partial charge in [0, 0.05) is 19.3 Å². The molecule has 2 atom stereocenters. The van der Waals surface area contributed by atoms with E-state index in [0.717, 1.165) is 75.5 Å². The zero-order chi connectivity index (χ0) is 46.3. The molecule has 0 fully saturated rings. The smallest absolute Gasteiger partial charge is 0.306 e. The average molecular weight is 892 g/mol. The predicted molar refractivity (Wildman–Crippen MR) is 270 cm³/mol. The van der Waals surface area contributed by atoms with Crippen LogP contribution in [-0.2, 0) is 28.6 Å². The summed E-state index contributed by atoms with van der Waals surface area (Å²) in [6.45, 7) is 13.7. The Morgan fingerprint density at radius 3 is 0.825 bits per heavy atom. The molecule has 0 rings (SSSR count). The van der Waals surface area contributed by atoms with Crippen LogP contribution in [0.25, 0.3) is 0 Å². The molecule has 374 valence electrons. The van der Waals surface area contributed by atoms with Crippen LogP contribution in [0.1, 0.15) is 311 Å². The lowest BCUT2D eigenvalue weighted by molar-refractivity contribution is -0.167. The molecule has 0 saturated heterocycles. The number of hydrogen-bond donors (Lipinski definition) is 0. The number of rotatable bonds is 50. The SMILES string of the molecule is CCC(C)CCCCCCCCCCCCCCCCCCCCC(=O)OC[C@@H](COC(=O)CCCCCCCCCCCCC(C)C)OC(=O)CCCCCCCCCC(C)C. The van der Waals surface area contributed by atoms with E-state index in [9.17, 15) is 14.4 Å². The predicted octanol–water partition coefficient (Wildman–Crippen LogP) is 18.3. The molecule has 0 heterocycles. The molecular formula is C57H110O6. The van der Waals surface area contributed by atoms with Gasteiger partial charge in [0.1, 0.15) is 13.2 Å². The standard InChI is InChI=1S/C57H110O6/c1-7-53(6)45-39-33-27-21-16-14-12-10-8-9-11-13-15-17-22-28-34-40-46-55(58)61-49-54(63-57(60)48-42-36-30-24-26-32-38-44-52(4)5)50-62-56(59)47-41-35-29-23-19-18-20-25-31-37-43-51(2)3/h51-54H,7-50H2,1-6H3/t53?,54-/m0/s1. The van der Waals surface area contributed by atoms with Gasteiger partial charge in [0.15, 0.2) is 6.10 Å². The summed E-state index contributed by atoms with van der Waals surface area (Å²) in [6, 6.07) is 0. The van der Waals surface area contributed by atoms with Crippen molar-refractivity contribution in [3.8, 4) is 0 Å². The van der Waals surface area contributed by atoms with Crippen LogP contribution in [0.4, 0.5) is 0 Å². The highest BCUT2D eigenvalue weighted by Gasteiger charge is 2.19. The molecule has 6 nitrogen and oxygen atoms in total. The molecule has 0 amide bonds. The third-order valence-electron chi connectivity index (χ3n) is 13.3. The lowest BCUT2D eigenvalue weighted by Crippen LogP contribution is -2.30. The van der Waals surface area contributed by atoms with Crippen molar-refractivity contribution in [3.63, 3.8) is 0 Å². The highest BCUT2D eigenvalue weighted by molar-refractivity contribution is 5.71. The highest BCUT2D eigenvalue weighted by Crippen LogP contribution is 2.19. The first-order chi connectivity index (χ1) is 30.6. The molecule has 0 aliphatic carbocycles. The van der Waals surface area contributed by atoms with Gasteiger partial charge < -0.3 is 14.2 Å². The molecule has 0 saturated carbocycles. The first kappa shape index (κ1) is 61.4. The normalized spacial score (nSPS) is 12.6. The summed E-state index contributed by atoms with van der Waals surface area (Å²) in [7, 11) is 0. The van der Waals surface area contributed by atoms with Crippen molar-refractivity contribution in [2.45, 2.75) is 317 Å². The number of esters is 3. The third-order valence-corrected chi connectivity index (χ3v) is 13.3. The summed E-state index contributed by atoms with van der Waals surface area (Å²) in [4.78, 5) is 38.0. The summed E-state index contributed by atoms with van der Waals surface area (Å²) in [5, 5.41) is 0. The van der Waals surface area contributed by atoms with Gasteiger partial charge in [0.2, 0.25) is 0 Å². The highest BCUT2D eigenvalue weighted by atomic mass is 16.6. The van der Waals surface area contributed by atoms with E-state index < -0.39 is 6.10 Å². The van der Waals surface area contributed by atoms with E-state index in [4.69, 9.17) is 14.2 Å². The van der Waals surface area contributed by atoms with Gasteiger partial charge in [-0.3, -0.25) is 14.4 Å². The molecule has 0 N–H and O–H groups in total. The first-order valence-corrected chi connectivity index (χ1v) is 28.1. The molecule has 0 radical (unpaired) electrons. The van der Waals surface area contributed by atoms with E-state index in [-0.39, 0.29) is 31.1 Å². The Balaban J connectivity index is 4.18. The Morgan fingerprint density at radius 2 is 0.556 bits per heavy atom. The number of unbranched alkanes of at least 4 members (excludes halogenated alkanes) is 32. The van der Waals surface area contributed by atoms with E-state index >= 15 is 0 Å². The van der Waals surface area contributed by atoms with Crippen LogP contribution in [-0.4, -0.2) is 37.2 Å². The summed E-state index contributed by atoms with van der Waals surface area (Å²) in [5.41, 5.74) is 0. The van der Waals surface area contributed by atoms with Crippen LogP contribution in [0.15, 0.2) is 0 Å². The quantitative estimate of drug-likeness (QED) is 0.0344. The fraction of sp³-hybridized carbons (Fsp3) is 0.947. The second-order valence-corrected chi connectivity index (χ2v) is 20.8. The average Bonchev–Trinajstić information content (AvgIpc) is 3.25. The molecule has 0 aromatic rings. The van der Waals surface area contributed by atoms with Crippen molar-refractivity contribution in [1.29, 1.82) is 0 Å². The Bertz CT molecular complexity index is 978. The zero-order valence-corrected chi connectivity index (χ0v) is 43.4. The van der Waals surface area contributed by atoms with E-state index in [2.05, 4.69) is 41.5 Å². The van der Waals surface area contributed by atoms with Crippen molar-refractivity contribution < 1.29 is 28.6 Å². The number of carbonyl (C=O) groups excluding carboxylic acids is 3. The number of carbonyl (C=O) groups is 3. The van der Waals surface area contributed by atoms with E-state index in [0.29, 0.717) is 19.3 Å². The van der Waals surface area contributed by atoms with Crippen LogP contribution in [0.2, 0.25) is 0 Å². The topological polar surface area (TPSA) is 78.9 Å². The monoisotopic (exact) mass is 891 g/mol. The molecule has 0 spiro atoms.